The van der Waals surface area contributed by atoms with E-state index in [1.165, 1.54) is 7.11 Å². The fourth-order valence-electron chi connectivity index (χ4n) is 1.02. The van der Waals surface area contributed by atoms with E-state index in [0.717, 1.165) is 19.3 Å². The van der Waals surface area contributed by atoms with E-state index in [1.54, 1.807) is 7.05 Å². The van der Waals surface area contributed by atoms with Gasteiger partial charge in [-0.2, -0.15) is 0 Å². The number of ether oxygens (including phenoxy) is 1. The Bertz CT molecular complexity index is 129. The predicted molar refractivity (Wildman–Crippen MR) is 59.1 cm³/mol. The van der Waals surface area contributed by atoms with Crippen molar-refractivity contribution in [2.24, 2.45) is 5.73 Å². The van der Waals surface area contributed by atoms with Crippen molar-refractivity contribution in [2.45, 2.75) is 39.2 Å². The van der Waals surface area contributed by atoms with Crippen LogP contribution in [0.1, 0.15) is 33.1 Å². The number of unbranched alkanes of at least 4 members (excludes halogenated alkanes) is 1. The molecule has 14 heavy (non-hydrogen) atoms. The molecule has 0 aliphatic carbocycles. The number of carbonyl (C=O) groups excluding carboxylic acids is 1. The molecule has 0 aliphatic heterocycles. The second-order valence-electron chi connectivity index (χ2n) is 2.65. The van der Waals surface area contributed by atoms with Crippen LogP contribution in [0.4, 0.5) is 0 Å². The molecule has 4 nitrogen and oxygen atoms in total. The van der Waals surface area contributed by atoms with Crippen LogP contribution in [0.5, 0.6) is 0 Å². The minimum Gasteiger partial charge on any atom is -0.468 e. The molecule has 0 aromatic heterocycles. The van der Waals surface area contributed by atoms with Crippen molar-refractivity contribution >= 4 is 5.97 Å². The van der Waals surface area contributed by atoms with Gasteiger partial charge in [0.2, 0.25) is 0 Å². The highest BCUT2D eigenvalue weighted by molar-refractivity contribution is 5.75. The summed E-state index contributed by atoms with van der Waals surface area (Å²) >= 11 is 0. The molecule has 0 rings (SSSR count). The fourth-order valence-corrected chi connectivity index (χ4v) is 1.02. The number of hydrogen-bond donors (Lipinski definition) is 2. The second kappa shape index (κ2) is 12.4. The van der Waals surface area contributed by atoms with Crippen LogP contribution < -0.4 is 11.1 Å². The Labute approximate surface area is 87.2 Å². The molecule has 86 valence electrons. The van der Waals surface area contributed by atoms with Gasteiger partial charge in [-0.05, 0) is 26.4 Å². The number of nitrogens with one attached hydrogen (secondary N) is 1. The lowest BCUT2D eigenvalue weighted by atomic mass is 10.1. The van der Waals surface area contributed by atoms with Crippen LogP contribution in [-0.4, -0.2) is 32.7 Å². The molecule has 0 aromatic carbocycles. The molecule has 0 saturated carbocycles. The van der Waals surface area contributed by atoms with E-state index in [2.05, 4.69) is 10.1 Å². The minimum atomic E-state index is -0.200. The molecule has 1 unspecified atom stereocenters. The quantitative estimate of drug-likeness (QED) is 0.498. The van der Waals surface area contributed by atoms with Crippen molar-refractivity contribution in [3.05, 3.63) is 0 Å². The van der Waals surface area contributed by atoms with E-state index in [1.807, 2.05) is 13.8 Å². The summed E-state index contributed by atoms with van der Waals surface area (Å²) in [6, 6.07) is -0.179. The molecular formula is C10H24N2O2. The van der Waals surface area contributed by atoms with Gasteiger partial charge in [-0.1, -0.05) is 20.3 Å². The van der Waals surface area contributed by atoms with Gasteiger partial charge in [0.15, 0.2) is 0 Å². The lowest BCUT2D eigenvalue weighted by Gasteiger charge is -2.12. The number of hydrogen-bond acceptors (Lipinski definition) is 4. The largest absolute Gasteiger partial charge is 0.468 e. The first-order valence-corrected chi connectivity index (χ1v) is 5.21. The van der Waals surface area contributed by atoms with Crippen LogP contribution in [0.2, 0.25) is 0 Å². The van der Waals surface area contributed by atoms with Gasteiger partial charge in [0, 0.05) is 0 Å². The van der Waals surface area contributed by atoms with Crippen molar-refractivity contribution in [2.75, 3.05) is 20.7 Å². The zero-order valence-electron chi connectivity index (χ0n) is 9.80. The highest BCUT2D eigenvalue weighted by atomic mass is 16.5. The van der Waals surface area contributed by atoms with Gasteiger partial charge >= 0.3 is 5.97 Å². The van der Waals surface area contributed by atoms with E-state index in [9.17, 15) is 4.79 Å². The predicted octanol–water partition coefficient (Wildman–Crippen LogP) is 0.903. The summed E-state index contributed by atoms with van der Waals surface area (Å²) in [5, 5.41) is 2.90. The highest BCUT2D eigenvalue weighted by Crippen LogP contribution is 2.00. The van der Waals surface area contributed by atoms with Gasteiger partial charge in [-0.25, -0.2) is 0 Å². The number of methoxy groups -OCH3 is 1. The Morgan fingerprint density at radius 2 is 2.00 bits per heavy atom. The lowest BCUT2D eigenvalue weighted by molar-refractivity contribution is -0.143. The highest BCUT2D eigenvalue weighted by Gasteiger charge is 2.15. The topological polar surface area (TPSA) is 64.3 Å². The zero-order chi connectivity index (χ0) is 11.4. The standard InChI is InChI=1S/C8H18N2O2.C2H6/c1-10-7(8(11)12-2)5-3-4-6-9;1-2/h7,10H,3-6,9H2,1-2H3;1-2H3. The first-order valence-electron chi connectivity index (χ1n) is 5.21. The Morgan fingerprint density at radius 1 is 1.43 bits per heavy atom. The maximum Gasteiger partial charge on any atom is 0.322 e. The monoisotopic (exact) mass is 204 g/mol. The Kier molecular flexibility index (Phi) is 14.0. The maximum absolute atomic E-state index is 11.0. The van der Waals surface area contributed by atoms with Crippen LogP contribution in [0, 0.1) is 0 Å². The van der Waals surface area contributed by atoms with Crippen LogP contribution in [-0.2, 0) is 9.53 Å². The summed E-state index contributed by atoms with van der Waals surface area (Å²) in [7, 11) is 3.15. The Balaban J connectivity index is 0. The van der Waals surface area contributed by atoms with Crippen LogP contribution in [0.25, 0.3) is 0 Å². The van der Waals surface area contributed by atoms with Crippen LogP contribution >= 0.6 is 0 Å². The SMILES string of the molecule is CC.CNC(CCCCN)C(=O)OC. The fraction of sp³-hybridized carbons (Fsp3) is 0.900. The molecule has 1 atom stereocenters. The third-order valence-corrected chi connectivity index (χ3v) is 1.78. The molecule has 0 heterocycles. The van der Waals surface area contributed by atoms with Gasteiger partial charge < -0.3 is 15.8 Å². The molecule has 0 amide bonds. The van der Waals surface area contributed by atoms with Gasteiger partial charge in [0.25, 0.3) is 0 Å². The molecular weight excluding hydrogens is 180 g/mol. The van der Waals surface area contributed by atoms with Gasteiger partial charge in [0.1, 0.15) is 6.04 Å². The average molecular weight is 204 g/mol. The minimum absolute atomic E-state index is 0.179. The van der Waals surface area contributed by atoms with Gasteiger partial charge in [-0.15, -0.1) is 0 Å². The van der Waals surface area contributed by atoms with E-state index < -0.39 is 0 Å². The van der Waals surface area contributed by atoms with Crippen molar-refractivity contribution < 1.29 is 9.53 Å². The molecule has 3 N–H and O–H groups in total. The zero-order valence-corrected chi connectivity index (χ0v) is 9.80. The molecule has 0 aliphatic rings. The normalized spacial score (nSPS) is 11.2. The van der Waals surface area contributed by atoms with E-state index in [0.29, 0.717) is 6.54 Å². The molecule has 0 aromatic rings. The van der Waals surface area contributed by atoms with Crippen molar-refractivity contribution in [1.82, 2.24) is 5.32 Å². The van der Waals surface area contributed by atoms with Gasteiger partial charge in [-0.3, -0.25) is 4.79 Å². The summed E-state index contributed by atoms with van der Waals surface area (Å²) in [5.41, 5.74) is 5.33. The molecule has 0 fully saturated rings. The van der Waals surface area contributed by atoms with E-state index >= 15 is 0 Å². The molecule has 0 saturated heterocycles. The van der Waals surface area contributed by atoms with E-state index in [4.69, 9.17) is 5.73 Å². The first kappa shape index (κ1) is 15.8. The number of nitrogens with two attached hydrogens (primary N) is 1. The second-order valence-corrected chi connectivity index (χ2v) is 2.65. The number of carbonyl (C=O) groups is 1. The molecule has 0 radical (unpaired) electrons. The summed E-state index contributed by atoms with van der Waals surface area (Å²) in [4.78, 5) is 11.0. The lowest BCUT2D eigenvalue weighted by Crippen LogP contribution is -2.34. The number of esters is 1. The maximum atomic E-state index is 11.0. The summed E-state index contributed by atoms with van der Waals surface area (Å²) in [6.45, 7) is 4.68. The molecule has 0 bridgehead atoms. The smallest absolute Gasteiger partial charge is 0.322 e. The van der Waals surface area contributed by atoms with Crippen molar-refractivity contribution in [1.29, 1.82) is 0 Å². The summed E-state index contributed by atoms with van der Waals surface area (Å²) in [6.07, 6.45) is 2.70. The number of rotatable bonds is 6. The molecule has 0 spiro atoms. The average Bonchev–Trinajstić information content (AvgIpc) is 2.26. The number of likely N-dealkylation sites (N-methyl/N-ethyl adjacent to an activating group) is 1. The van der Waals surface area contributed by atoms with Crippen molar-refractivity contribution in [3.63, 3.8) is 0 Å². The van der Waals surface area contributed by atoms with Crippen LogP contribution in [0.3, 0.4) is 0 Å². The van der Waals surface area contributed by atoms with Crippen molar-refractivity contribution in [3.8, 4) is 0 Å². The van der Waals surface area contributed by atoms with E-state index in [-0.39, 0.29) is 12.0 Å². The summed E-state index contributed by atoms with van der Waals surface area (Å²) < 4.78 is 4.60. The third-order valence-electron chi connectivity index (χ3n) is 1.78. The Morgan fingerprint density at radius 3 is 2.36 bits per heavy atom. The first-order chi connectivity index (χ1) is 6.76. The van der Waals surface area contributed by atoms with Gasteiger partial charge in [0.05, 0.1) is 7.11 Å². The third kappa shape index (κ3) is 8.01. The Hall–Kier alpha value is -0.610. The summed E-state index contributed by atoms with van der Waals surface area (Å²) in [5.74, 6) is -0.200. The molecule has 4 heteroatoms. The van der Waals surface area contributed by atoms with Crippen LogP contribution in [0.15, 0.2) is 0 Å².